The highest BCUT2D eigenvalue weighted by atomic mass is 32.2. The first-order valence-corrected chi connectivity index (χ1v) is 6.59. The zero-order chi connectivity index (χ0) is 9.80. The molecule has 74 valence electrons. The van der Waals surface area contributed by atoms with Crippen LogP contribution in [-0.4, -0.2) is 16.2 Å². The molecule has 1 aromatic carbocycles. The highest BCUT2D eigenvalue weighted by molar-refractivity contribution is 8.39. The Labute approximate surface area is 93.4 Å². The van der Waals surface area contributed by atoms with Crippen LogP contribution in [0.5, 0.6) is 0 Å². The molecule has 0 unspecified atom stereocenters. The van der Waals surface area contributed by atoms with Gasteiger partial charge < -0.3 is 0 Å². The van der Waals surface area contributed by atoms with Gasteiger partial charge >= 0.3 is 0 Å². The number of rotatable bonds is 2. The van der Waals surface area contributed by atoms with E-state index in [9.17, 15) is 0 Å². The molecule has 0 aromatic heterocycles. The third-order valence-electron chi connectivity index (χ3n) is 1.98. The second-order valence-electron chi connectivity index (χ2n) is 3.31. The maximum absolute atomic E-state index is 4.47. The summed E-state index contributed by atoms with van der Waals surface area (Å²) in [5.41, 5.74) is 1.38. The molecular weight excluding hydrogens is 210 g/mol. The van der Waals surface area contributed by atoms with Crippen LogP contribution in [0.25, 0.3) is 0 Å². The van der Waals surface area contributed by atoms with Gasteiger partial charge in [0.1, 0.15) is 4.38 Å². The first kappa shape index (κ1) is 10.1. The summed E-state index contributed by atoms with van der Waals surface area (Å²) in [6.07, 6.45) is 0. The molecular formula is C11H13NS2. The molecule has 0 radical (unpaired) electrons. The molecule has 2 rings (SSSR count). The largest absolute Gasteiger partial charge is 0.271 e. The first-order chi connectivity index (χ1) is 6.84. The standard InChI is InChI=1S/C11H13NS2/c1-9-7-12-11(14-9)13-8-10-5-3-2-4-6-10/h2-6,9H,7-8H2,1H3/t9-/m0/s1. The highest BCUT2D eigenvalue weighted by Gasteiger charge is 2.14. The van der Waals surface area contributed by atoms with Crippen molar-refractivity contribution in [2.45, 2.75) is 17.9 Å². The third-order valence-corrected chi connectivity index (χ3v) is 4.36. The van der Waals surface area contributed by atoms with Gasteiger partial charge in [0.05, 0.1) is 6.54 Å². The molecule has 0 saturated heterocycles. The van der Waals surface area contributed by atoms with Gasteiger partial charge in [-0.2, -0.15) is 0 Å². The fourth-order valence-electron chi connectivity index (χ4n) is 1.25. The van der Waals surface area contributed by atoms with E-state index in [0.29, 0.717) is 5.25 Å². The lowest BCUT2D eigenvalue weighted by atomic mass is 10.2. The zero-order valence-electron chi connectivity index (χ0n) is 8.14. The van der Waals surface area contributed by atoms with Crippen molar-refractivity contribution in [2.75, 3.05) is 6.54 Å². The van der Waals surface area contributed by atoms with Gasteiger partial charge in [-0.1, -0.05) is 60.8 Å². The van der Waals surface area contributed by atoms with Crippen LogP contribution in [0.3, 0.4) is 0 Å². The summed E-state index contributed by atoms with van der Waals surface area (Å²) < 4.78 is 1.25. The van der Waals surface area contributed by atoms with Crippen LogP contribution in [0.15, 0.2) is 35.3 Å². The average Bonchev–Trinajstić information content (AvgIpc) is 2.63. The molecule has 0 N–H and O–H groups in total. The molecule has 0 fully saturated rings. The number of hydrogen-bond acceptors (Lipinski definition) is 3. The summed E-state index contributed by atoms with van der Waals surface area (Å²) in [5, 5.41) is 0.674. The fraction of sp³-hybridized carbons (Fsp3) is 0.364. The summed E-state index contributed by atoms with van der Waals surface area (Å²) in [6.45, 7) is 3.21. The van der Waals surface area contributed by atoms with Crippen molar-refractivity contribution in [1.82, 2.24) is 0 Å². The highest BCUT2D eigenvalue weighted by Crippen LogP contribution is 2.29. The molecule has 3 heteroatoms. The number of benzene rings is 1. The lowest BCUT2D eigenvalue weighted by Crippen LogP contribution is -1.92. The molecule has 0 aliphatic carbocycles. The van der Waals surface area contributed by atoms with Gasteiger partial charge in [0, 0.05) is 11.0 Å². The SMILES string of the molecule is C[C@H]1CN=C(SCc2ccccc2)S1. The minimum Gasteiger partial charge on any atom is -0.271 e. The molecule has 0 amide bonds. The lowest BCUT2D eigenvalue weighted by molar-refractivity contribution is 0.977. The average molecular weight is 223 g/mol. The van der Waals surface area contributed by atoms with Crippen molar-refractivity contribution in [3.63, 3.8) is 0 Å². The van der Waals surface area contributed by atoms with Gasteiger partial charge in [-0.25, -0.2) is 0 Å². The lowest BCUT2D eigenvalue weighted by Gasteiger charge is -2.01. The van der Waals surface area contributed by atoms with Crippen molar-refractivity contribution in [3.8, 4) is 0 Å². The normalized spacial score (nSPS) is 20.9. The summed E-state index contributed by atoms with van der Waals surface area (Å²) in [5.74, 6) is 1.04. The molecule has 1 heterocycles. The maximum Gasteiger partial charge on any atom is 0.125 e. The van der Waals surface area contributed by atoms with Crippen LogP contribution in [0, 0.1) is 0 Å². The molecule has 0 bridgehead atoms. The Morgan fingerprint density at radius 3 is 2.86 bits per heavy atom. The summed E-state index contributed by atoms with van der Waals surface area (Å²) in [4.78, 5) is 4.47. The molecule has 1 atom stereocenters. The van der Waals surface area contributed by atoms with Crippen LogP contribution in [0.4, 0.5) is 0 Å². The van der Waals surface area contributed by atoms with E-state index in [-0.39, 0.29) is 0 Å². The zero-order valence-corrected chi connectivity index (χ0v) is 9.78. The van der Waals surface area contributed by atoms with Crippen molar-refractivity contribution in [2.24, 2.45) is 4.99 Å². The van der Waals surface area contributed by atoms with Gasteiger partial charge in [-0.05, 0) is 5.56 Å². The number of hydrogen-bond donors (Lipinski definition) is 0. The molecule has 0 saturated carbocycles. The summed E-state index contributed by atoms with van der Waals surface area (Å²) in [6, 6.07) is 10.6. The molecule has 1 aliphatic heterocycles. The summed E-state index contributed by atoms with van der Waals surface area (Å²) >= 11 is 3.75. The van der Waals surface area contributed by atoms with Crippen LogP contribution in [0.1, 0.15) is 12.5 Å². The van der Waals surface area contributed by atoms with Crippen LogP contribution in [0.2, 0.25) is 0 Å². The second-order valence-corrected chi connectivity index (χ2v) is 5.96. The van der Waals surface area contributed by atoms with E-state index in [1.54, 1.807) is 0 Å². The Kier molecular flexibility index (Phi) is 3.54. The molecule has 1 aromatic rings. The van der Waals surface area contributed by atoms with E-state index in [0.717, 1.165) is 12.3 Å². The third kappa shape index (κ3) is 2.79. The first-order valence-electron chi connectivity index (χ1n) is 4.72. The van der Waals surface area contributed by atoms with Crippen molar-refractivity contribution < 1.29 is 0 Å². The Hall–Kier alpha value is -0.410. The van der Waals surface area contributed by atoms with E-state index < -0.39 is 0 Å². The minimum absolute atomic E-state index is 0.674. The Balaban J connectivity index is 1.84. The monoisotopic (exact) mass is 223 g/mol. The van der Waals surface area contributed by atoms with Gasteiger partial charge in [0.2, 0.25) is 0 Å². The van der Waals surface area contributed by atoms with Crippen molar-refractivity contribution in [3.05, 3.63) is 35.9 Å². The van der Waals surface area contributed by atoms with Gasteiger partial charge in [0.25, 0.3) is 0 Å². The van der Waals surface area contributed by atoms with Crippen molar-refractivity contribution in [1.29, 1.82) is 0 Å². The van der Waals surface area contributed by atoms with E-state index in [4.69, 9.17) is 0 Å². The van der Waals surface area contributed by atoms with Crippen LogP contribution >= 0.6 is 23.5 Å². The smallest absolute Gasteiger partial charge is 0.125 e. The van der Waals surface area contributed by atoms with Gasteiger partial charge in [0.15, 0.2) is 0 Å². The fourth-order valence-corrected chi connectivity index (χ4v) is 3.48. The van der Waals surface area contributed by atoms with Crippen LogP contribution in [-0.2, 0) is 5.75 Å². The van der Waals surface area contributed by atoms with Crippen LogP contribution < -0.4 is 0 Å². The Morgan fingerprint density at radius 1 is 1.43 bits per heavy atom. The van der Waals surface area contributed by atoms with E-state index in [1.165, 1.54) is 9.94 Å². The molecule has 1 nitrogen and oxygen atoms in total. The molecule has 1 aliphatic rings. The van der Waals surface area contributed by atoms with Gasteiger partial charge in [-0.3, -0.25) is 4.99 Å². The summed E-state index contributed by atoms with van der Waals surface area (Å²) in [7, 11) is 0. The predicted molar refractivity (Wildman–Crippen MR) is 67.1 cm³/mol. The second kappa shape index (κ2) is 4.89. The number of thioether (sulfide) groups is 2. The maximum atomic E-state index is 4.47. The Morgan fingerprint density at radius 2 is 2.21 bits per heavy atom. The predicted octanol–water partition coefficient (Wildman–Crippen LogP) is 3.41. The quantitative estimate of drug-likeness (QED) is 0.761. The van der Waals surface area contributed by atoms with Gasteiger partial charge in [-0.15, -0.1) is 0 Å². The Bertz CT molecular complexity index is 321. The minimum atomic E-state index is 0.674. The van der Waals surface area contributed by atoms with E-state index >= 15 is 0 Å². The molecule has 0 spiro atoms. The topological polar surface area (TPSA) is 12.4 Å². The van der Waals surface area contributed by atoms with E-state index in [2.05, 4.69) is 42.2 Å². The van der Waals surface area contributed by atoms with E-state index in [1.807, 2.05) is 23.5 Å². The van der Waals surface area contributed by atoms with Crippen molar-refractivity contribution >= 4 is 27.9 Å². The number of nitrogens with zero attached hydrogens (tertiary/aromatic N) is 1. The number of aliphatic imine (C=N–C) groups is 1. The molecule has 14 heavy (non-hydrogen) atoms.